The van der Waals surface area contributed by atoms with Gasteiger partial charge in [-0.25, -0.2) is 0 Å². The molecule has 0 aliphatic carbocycles. The fourth-order valence-corrected chi connectivity index (χ4v) is 1.06. The molecule has 0 unspecified atom stereocenters. The monoisotopic (exact) mass is 155 g/mol. The Balaban J connectivity index is 2.59. The Hall–Kier alpha value is -0.770. The molecule has 1 heterocycles. The predicted octanol–water partition coefficient (Wildman–Crippen LogP) is 1.32. The van der Waals surface area contributed by atoms with Gasteiger partial charge in [-0.05, 0) is 6.42 Å². The highest BCUT2D eigenvalue weighted by Crippen LogP contribution is 2.05. The van der Waals surface area contributed by atoms with Gasteiger partial charge in [-0.2, -0.15) is 0 Å². The Labute approximate surface area is 63.1 Å². The Kier molecular flexibility index (Phi) is 2.50. The number of carbonyl (C=O) groups is 1. The lowest BCUT2D eigenvalue weighted by atomic mass is 10.2. The summed E-state index contributed by atoms with van der Waals surface area (Å²) < 4.78 is 0. The van der Waals surface area contributed by atoms with E-state index in [-0.39, 0.29) is 5.78 Å². The zero-order valence-electron chi connectivity index (χ0n) is 5.63. The summed E-state index contributed by atoms with van der Waals surface area (Å²) >= 11 is 1.17. The summed E-state index contributed by atoms with van der Waals surface area (Å²) in [6.07, 6.45) is 1.42. The molecule has 0 bridgehead atoms. The van der Waals surface area contributed by atoms with Crippen LogP contribution >= 0.6 is 11.3 Å². The van der Waals surface area contributed by atoms with Crippen molar-refractivity contribution in [3.05, 3.63) is 10.5 Å². The van der Waals surface area contributed by atoms with E-state index in [4.69, 9.17) is 0 Å². The summed E-state index contributed by atoms with van der Waals surface area (Å²) in [6.45, 7) is 1.96. The smallest absolute Gasteiger partial charge is 0.193 e. The zero-order chi connectivity index (χ0) is 7.40. The number of carbonyl (C=O) groups excluding carboxylic acids is 1. The number of ketones is 1. The highest BCUT2D eigenvalue weighted by Gasteiger charge is 2.06. The van der Waals surface area contributed by atoms with Crippen LogP contribution in [0.1, 0.15) is 29.6 Å². The first-order chi connectivity index (χ1) is 4.84. The third-order valence-corrected chi connectivity index (χ3v) is 1.72. The molecule has 0 spiro atoms. The normalized spacial score (nSPS) is 9.70. The maximum atomic E-state index is 11.0. The number of rotatable bonds is 3. The van der Waals surface area contributed by atoms with E-state index >= 15 is 0 Å². The van der Waals surface area contributed by atoms with Gasteiger partial charge in [-0.15, -0.1) is 10.2 Å². The van der Waals surface area contributed by atoms with Crippen molar-refractivity contribution in [2.45, 2.75) is 19.8 Å². The Morgan fingerprint density at radius 1 is 1.80 bits per heavy atom. The molecule has 0 aliphatic heterocycles. The molecule has 1 radical (unpaired) electrons. The second-order valence-corrected chi connectivity index (χ2v) is 2.65. The van der Waals surface area contributed by atoms with Crippen molar-refractivity contribution in [1.29, 1.82) is 0 Å². The van der Waals surface area contributed by atoms with Crippen LogP contribution in [0.5, 0.6) is 0 Å². The van der Waals surface area contributed by atoms with Gasteiger partial charge in [-0.3, -0.25) is 4.79 Å². The molecule has 0 aromatic carbocycles. The van der Waals surface area contributed by atoms with E-state index < -0.39 is 0 Å². The van der Waals surface area contributed by atoms with Crippen LogP contribution in [0.3, 0.4) is 0 Å². The lowest BCUT2D eigenvalue weighted by Gasteiger charge is -1.87. The first-order valence-electron chi connectivity index (χ1n) is 3.07. The van der Waals surface area contributed by atoms with Gasteiger partial charge in [-0.1, -0.05) is 18.3 Å². The quantitative estimate of drug-likeness (QED) is 0.618. The SMILES string of the molecule is CCCC(=O)c1nn[c]s1. The maximum absolute atomic E-state index is 11.0. The van der Waals surface area contributed by atoms with Crippen LogP contribution in [0.4, 0.5) is 0 Å². The lowest BCUT2D eigenvalue weighted by Crippen LogP contribution is -1.96. The molecule has 0 N–H and O–H groups in total. The fourth-order valence-electron chi connectivity index (χ4n) is 0.597. The van der Waals surface area contributed by atoms with E-state index in [9.17, 15) is 4.79 Å². The Bertz CT molecular complexity index is 208. The number of nitrogens with zero attached hydrogens (tertiary/aromatic N) is 2. The van der Waals surface area contributed by atoms with E-state index in [2.05, 4.69) is 15.7 Å². The van der Waals surface area contributed by atoms with Crippen molar-refractivity contribution in [3.63, 3.8) is 0 Å². The van der Waals surface area contributed by atoms with Gasteiger partial charge in [0.15, 0.2) is 16.3 Å². The second kappa shape index (κ2) is 3.41. The van der Waals surface area contributed by atoms with Crippen molar-refractivity contribution in [2.75, 3.05) is 0 Å². The summed E-state index contributed by atoms with van der Waals surface area (Å²) in [7, 11) is 0. The molecule has 0 saturated carbocycles. The van der Waals surface area contributed by atoms with Gasteiger partial charge in [0.05, 0.1) is 0 Å². The van der Waals surface area contributed by atoms with Gasteiger partial charge >= 0.3 is 0 Å². The largest absolute Gasteiger partial charge is 0.291 e. The van der Waals surface area contributed by atoms with Gasteiger partial charge < -0.3 is 0 Å². The minimum atomic E-state index is 0.0706. The van der Waals surface area contributed by atoms with E-state index in [1.165, 1.54) is 11.3 Å². The van der Waals surface area contributed by atoms with Gasteiger partial charge in [0.1, 0.15) is 0 Å². The van der Waals surface area contributed by atoms with Gasteiger partial charge in [0.2, 0.25) is 0 Å². The highest BCUT2D eigenvalue weighted by molar-refractivity contribution is 7.10. The molecular weight excluding hydrogens is 148 g/mol. The fraction of sp³-hybridized carbons (Fsp3) is 0.500. The molecular formula is C6H7N2OS. The predicted molar refractivity (Wildman–Crippen MR) is 38.0 cm³/mol. The molecule has 10 heavy (non-hydrogen) atoms. The topological polar surface area (TPSA) is 42.9 Å². The van der Waals surface area contributed by atoms with Crippen LogP contribution in [0.25, 0.3) is 0 Å². The van der Waals surface area contributed by atoms with E-state index in [0.717, 1.165) is 6.42 Å². The number of hydrogen-bond donors (Lipinski definition) is 0. The molecule has 1 rings (SSSR count). The second-order valence-electron chi connectivity index (χ2n) is 1.87. The molecule has 0 saturated heterocycles. The van der Waals surface area contributed by atoms with Crippen molar-refractivity contribution < 1.29 is 4.79 Å². The maximum Gasteiger partial charge on any atom is 0.193 e. The molecule has 1 aromatic rings. The summed E-state index contributed by atoms with van der Waals surface area (Å²) in [5.41, 5.74) is 2.53. The minimum absolute atomic E-state index is 0.0706. The highest BCUT2D eigenvalue weighted by atomic mass is 32.1. The summed E-state index contributed by atoms with van der Waals surface area (Å²) in [4.78, 5) is 11.0. The van der Waals surface area contributed by atoms with Crippen LogP contribution in [0.2, 0.25) is 0 Å². The summed E-state index contributed by atoms with van der Waals surface area (Å²) in [6, 6.07) is 0. The molecule has 0 amide bonds. The molecule has 0 aliphatic rings. The van der Waals surface area contributed by atoms with Crippen LogP contribution in [0.15, 0.2) is 0 Å². The standard InChI is InChI=1S/C6H7N2OS/c1-2-3-5(9)6-8-7-4-10-6/h2-3H2,1H3. The summed E-state index contributed by atoms with van der Waals surface area (Å²) in [5, 5.41) is 7.52. The number of hydrogen-bond acceptors (Lipinski definition) is 4. The molecule has 53 valence electrons. The summed E-state index contributed by atoms with van der Waals surface area (Å²) in [5.74, 6) is 0.0706. The van der Waals surface area contributed by atoms with Crippen LogP contribution in [-0.2, 0) is 0 Å². The van der Waals surface area contributed by atoms with Gasteiger partial charge in [0.25, 0.3) is 0 Å². The molecule has 0 atom stereocenters. The Morgan fingerprint density at radius 3 is 3.10 bits per heavy atom. The van der Waals surface area contributed by atoms with Crippen molar-refractivity contribution in [3.8, 4) is 0 Å². The number of aromatic nitrogens is 2. The average Bonchev–Trinajstić information content (AvgIpc) is 2.38. The Morgan fingerprint density at radius 2 is 2.60 bits per heavy atom. The lowest BCUT2D eigenvalue weighted by molar-refractivity contribution is 0.0980. The van der Waals surface area contributed by atoms with Crippen molar-refractivity contribution in [1.82, 2.24) is 10.2 Å². The third-order valence-electron chi connectivity index (χ3n) is 1.04. The molecule has 4 heteroatoms. The number of Topliss-reactive ketones (excluding diaryl/α,β-unsaturated/α-hetero) is 1. The zero-order valence-corrected chi connectivity index (χ0v) is 6.44. The first-order valence-corrected chi connectivity index (χ1v) is 3.89. The van der Waals surface area contributed by atoms with Crippen molar-refractivity contribution >= 4 is 17.1 Å². The average molecular weight is 155 g/mol. The van der Waals surface area contributed by atoms with Crippen LogP contribution < -0.4 is 0 Å². The van der Waals surface area contributed by atoms with Crippen LogP contribution in [0, 0.1) is 5.51 Å². The molecule has 0 fully saturated rings. The van der Waals surface area contributed by atoms with E-state index in [0.29, 0.717) is 11.4 Å². The molecule has 1 aromatic heterocycles. The third kappa shape index (κ3) is 1.60. The molecule has 3 nitrogen and oxygen atoms in total. The first kappa shape index (κ1) is 7.34. The minimum Gasteiger partial charge on any atom is -0.291 e. The van der Waals surface area contributed by atoms with Crippen molar-refractivity contribution in [2.24, 2.45) is 0 Å². The van der Waals surface area contributed by atoms with Gasteiger partial charge in [0, 0.05) is 6.42 Å². The van der Waals surface area contributed by atoms with E-state index in [1.807, 2.05) is 6.92 Å². The van der Waals surface area contributed by atoms with Crippen LogP contribution in [-0.4, -0.2) is 16.0 Å². The van der Waals surface area contributed by atoms with E-state index in [1.54, 1.807) is 0 Å².